The zero-order valence-corrected chi connectivity index (χ0v) is 16.2. The van der Waals surface area contributed by atoms with Crippen molar-refractivity contribution in [3.05, 3.63) is 51.7 Å². The lowest BCUT2D eigenvalue weighted by atomic mass is 10.1. The first-order chi connectivity index (χ1) is 12.6. The van der Waals surface area contributed by atoms with Crippen LogP contribution in [0.5, 0.6) is 5.75 Å². The first kappa shape index (κ1) is 18.9. The molecule has 26 heavy (non-hydrogen) atoms. The fraction of sp³-hybridized carbons (Fsp3) is 0.450. The van der Waals surface area contributed by atoms with Crippen LogP contribution in [0.1, 0.15) is 22.0 Å². The van der Waals surface area contributed by atoms with E-state index in [2.05, 4.69) is 34.7 Å². The van der Waals surface area contributed by atoms with Crippen LogP contribution in [0, 0.1) is 13.8 Å². The fourth-order valence-electron chi connectivity index (χ4n) is 2.99. The zero-order chi connectivity index (χ0) is 18.4. The number of nitrogens with one attached hydrogen (secondary N) is 1. The van der Waals surface area contributed by atoms with Crippen LogP contribution in [0.4, 0.5) is 0 Å². The number of benzene rings is 1. The Hall–Kier alpha value is -1.89. The number of nitrogens with zero attached hydrogens (tertiary/aromatic N) is 1. The molecule has 0 unspecified atom stereocenters. The molecule has 3 rings (SSSR count). The summed E-state index contributed by atoms with van der Waals surface area (Å²) >= 11 is 1.72. The number of aryl methyl sites for hydroxylation is 2. The number of morpholine rings is 1. The molecule has 6 heteroatoms. The second-order valence-corrected chi connectivity index (χ2v) is 7.50. The van der Waals surface area contributed by atoms with Crippen LogP contribution in [-0.4, -0.2) is 50.3 Å². The molecule has 0 radical (unpaired) electrons. The van der Waals surface area contributed by atoms with E-state index in [-0.39, 0.29) is 18.6 Å². The summed E-state index contributed by atoms with van der Waals surface area (Å²) in [5.41, 5.74) is 2.37. The summed E-state index contributed by atoms with van der Waals surface area (Å²) in [7, 11) is 0. The summed E-state index contributed by atoms with van der Waals surface area (Å²) in [6.45, 7) is 7.96. The Kier molecular flexibility index (Phi) is 6.66. The Labute approximate surface area is 158 Å². The number of thiophene rings is 1. The minimum Gasteiger partial charge on any atom is -0.484 e. The van der Waals surface area contributed by atoms with E-state index in [1.807, 2.05) is 25.1 Å². The van der Waals surface area contributed by atoms with Crippen LogP contribution in [0.3, 0.4) is 0 Å². The molecule has 1 fully saturated rings. The van der Waals surface area contributed by atoms with Crippen molar-refractivity contribution in [1.82, 2.24) is 10.2 Å². The SMILES string of the molecule is Cc1ccc(OCC(=O)NC[C@H](c2cccs2)N2CCOCC2)cc1C. The lowest BCUT2D eigenvalue weighted by Gasteiger charge is -2.34. The normalized spacial score (nSPS) is 16.2. The van der Waals surface area contributed by atoms with Gasteiger partial charge in [0.25, 0.3) is 5.91 Å². The average Bonchev–Trinajstić information content (AvgIpc) is 3.18. The number of carbonyl (C=O) groups is 1. The molecule has 1 aliphatic heterocycles. The molecule has 1 aromatic carbocycles. The molecular formula is C20H26N2O3S. The monoisotopic (exact) mass is 374 g/mol. The molecular weight excluding hydrogens is 348 g/mol. The summed E-state index contributed by atoms with van der Waals surface area (Å²) in [5, 5.41) is 5.10. The van der Waals surface area contributed by atoms with Gasteiger partial charge in [-0.3, -0.25) is 9.69 Å². The van der Waals surface area contributed by atoms with Gasteiger partial charge < -0.3 is 14.8 Å². The third-order valence-electron chi connectivity index (χ3n) is 4.70. The van der Waals surface area contributed by atoms with Crippen molar-refractivity contribution in [2.75, 3.05) is 39.5 Å². The summed E-state index contributed by atoms with van der Waals surface area (Å²) in [6.07, 6.45) is 0. The van der Waals surface area contributed by atoms with Gasteiger partial charge in [-0.1, -0.05) is 12.1 Å². The van der Waals surface area contributed by atoms with Crippen molar-refractivity contribution in [3.63, 3.8) is 0 Å². The molecule has 5 nitrogen and oxygen atoms in total. The van der Waals surface area contributed by atoms with Crippen molar-refractivity contribution >= 4 is 17.2 Å². The highest BCUT2D eigenvalue weighted by Gasteiger charge is 2.23. The van der Waals surface area contributed by atoms with Crippen molar-refractivity contribution < 1.29 is 14.3 Å². The van der Waals surface area contributed by atoms with Crippen LogP contribution in [0.2, 0.25) is 0 Å². The van der Waals surface area contributed by atoms with E-state index in [1.54, 1.807) is 11.3 Å². The molecule has 1 amide bonds. The molecule has 1 aromatic heterocycles. The van der Waals surface area contributed by atoms with Crippen molar-refractivity contribution in [3.8, 4) is 5.75 Å². The highest BCUT2D eigenvalue weighted by Crippen LogP contribution is 2.25. The molecule has 0 bridgehead atoms. The van der Waals surface area contributed by atoms with Gasteiger partial charge in [-0.2, -0.15) is 0 Å². The number of hydrogen-bond acceptors (Lipinski definition) is 5. The van der Waals surface area contributed by atoms with Crippen LogP contribution in [-0.2, 0) is 9.53 Å². The third kappa shape index (κ3) is 5.06. The molecule has 1 aliphatic rings. The van der Waals surface area contributed by atoms with Gasteiger partial charge in [0.1, 0.15) is 5.75 Å². The minimum absolute atomic E-state index is 0.0305. The lowest BCUT2D eigenvalue weighted by molar-refractivity contribution is -0.123. The average molecular weight is 375 g/mol. The van der Waals surface area contributed by atoms with E-state index in [0.29, 0.717) is 6.54 Å². The van der Waals surface area contributed by atoms with Crippen LogP contribution in [0.15, 0.2) is 35.7 Å². The Balaban J connectivity index is 1.52. The molecule has 2 heterocycles. The van der Waals surface area contributed by atoms with E-state index in [9.17, 15) is 4.79 Å². The number of ether oxygens (including phenoxy) is 2. The van der Waals surface area contributed by atoms with Gasteiger partial charge >= 0.3 is 0 Å². The Morgan fingerprint density at radius 3 is 2.77 bits per heavy atom. The van der Waals surface area contributed by atoms with Crippen molar-refractivity contribution in [2.45, 2.75) is 19.9 Å². The zero-order valence-electron chi connectivity index (χ0n) is 15.4. The predicted molar refractivity (Wildman–Crippen MR) is 104 cm³/mol. The summed E-state index contributed by atoms with van der Waals surface area (Å²) in [6, 6.07) is 10.2. The topological polar surface area (TPSA) is 50.8 Å². The van der Waals surface area contributed by atoms with Crippen molar-refractivity contribution in [2.24, 2.45) is 0 Å². The number of carbonyl (C=O) groups excluding carboxylic acids is 1. The number of hydrogen-bond donors (Lipinski definition) is 1. The highest BCUT2D eigenvalue weighted by atomic mass is 32.1. The standard InChI is InChI=1S/C20H26N2O3S/c1-15-5-6-17(12-16(15)2)25-14-20(23)21-13-18(19-4-3-11-26-19)22-7-9-24-10-8-22/h3-6,11-12,18H,7-10,13-14H2,1-2H3,(H,21,23)/t18-/m1/s1. The van der Waals surface area contributed by atoms with Gasteiger partial charge in [0.05, 0.1) is 19.3 Å². The molecule has 1 saturated heterocycles. The largest absolute Gasteiger partial charge is 0.484 e. The smallest absolute Gasteiger partial charge is 0.258 e. The Bertz CT molecular complexity index is 712. The second-order valence-electron chi connectivity index (χ2n) is 6.52. The van der Waals surface area contributed by atoms with Gasteiger partial charge in [-0.05, 0) is 48.6 Å². The van der Waals surface area contributed by atoms with Crippen LogP contribution < -0.4 is 10.1 Å². The summed E-state index contributed by atoms with van der Waals surface area (Å²) in [5.74, 6) is 0.629. The van der Waals surface area contributed by atoms with Crippen molar-refractivity contribution in [1.29, 1.82) is 0 Å². The van der Waals surface area contributed by atoms with E-state index in [4.69, 9.17) is 9.47 Å². The highest BCUT2D eigenvalue weighted by molar-refractivity contribution is 7.10. The maximum absolute atomic E-state index is 12.2. The Morgan fingerprint density at radius 1 is 1.27 bits per heavy atom. The number of amides is 1. The first-order valence-corrected chi connectivity index (χ1v) is 9.83. The Morgan fingerprint density at radius 2 is 2.08 bits per heavy atom. The first-order valence-electron chi connectivity index (χ1n) is 8.95. The maximum Gasteiger partial charge on any atom is 0.258 e. The second kappa shape index (κ2) is 9.16. The molecule has 0 aliphatic carbocycles. The van der Waals surface area contributed by atoms with E-state index in [0.717, 1.165) is 37.6 Å². The van der Waals surface area contributed by atoms with Gasteiger partial charge in [0.15, 0.2) is 6.61 Å². The van der Waals surface area contributed by atoms with Gasteiger partial charge in [0, 0.05) is 24.5 Å². The van der Waals surface area contributed by atoms with Gasteiger partial charge in [-0.15, -0.1) is 11.3 Å². The quantitative estimate of drug-likeness (QED) is 0.810. The van der Waals surface area contributed by atoms with E-state index < -0.39 is 0 Å². The molecule has 0 spiro atoms. The fourth-order valence-corrected chi connectivity index (χ4v) is 3.85. The molecule has 1 atom stereocenters. The molecule has 140 valence electrons. The predicted octanol–water partition coefficient (Wildman–Crippen LogP) is 2.93. The summed E-state index contributed by atoms with van der Waals surface area (Å²) in [4.78, 5) is 15.9. The summed E-state index contributed by atoms with van der Waals surface area (Å²) < 4.78 is 11.1. The van der Waals surface area contributed by atoms with E-state index >= 15 is 0 Å². The van der Waals surface area contributed by atoms with Crippen LogP contribution >= 0.6 is 11.3 Å². The molecule has 1 N–H and O–H groups in total. The van der Waals surface area contributed by atoms with Gasteiger partial charge in [-0.25, -0.2) is 0 Å². The lowest BCUT2D eigenvalue weighted by Crippen LogP contribution is -2.44. The third-order valence-corrected chi connectivity index (χ3v) is 5.67. The van der Waals surface area contributed by atoms with Gasteiger partial charge in [0.2, 0.25) is 0 Å². The van der Waals surface area contributed by atoms with E-state index in [1.165, 1.54) is 10.4 Å². The number of rotatable bonds is 7. The maximum atomic E-state index is 12.2. The molecule has 2 aromatic rings. The minimum atomic E-state index is -0.0990. The van der Waals surface area contributed by atoms with Crippen LogP contribution in [0.25, 0.3) is 0 Å². The molecule has 0 saturated carbocycles.